The fraction of sp³-hybridized carbons (Fsp3) is 0.600. The van der Waals surface area contributed by atoms with Gasteiger partial charge in [-0.1, -0.05) is 19.9 Å². The van der Waals surface area contributed by atoms with Crippen molar-refractivity contribution in [2.24, 2.45) is 11.7 Å². The van der Waals surface area contributed by atoms with Crippen LogP contribution in [0.15, 0.2) is 18.2 Å². The first-order valence-corrected chi connectivity index (χ1v) is 11.1. The Bertz CT molecular complexity index is 969. The van der Waals surface area contributed by atoms with Crippen LogP contribution >= 0.6 is 0 Å². The number of methoxy groups -OCH3 is 1. The highest BCUT2D eigenvalue weighted by molar-refractivity contribution is 7.90. The average Bonchev–Trinajstić information content (AvgIpc) is 2.64. The number of carbonyl (C=O) groups excluding carboxylic acids is 1. The van der Waals surface area contributed by atoms with E-state index in [1.165, 1.54) is 32.2 Å². The lowest BCUT2D eigenvalue weighted by molar-refractivity contribution is -0.142. The summed E-state index contributed by atoms with van der Waals surface area (Å²) in [4.78, 5) is 21.1. The lowest BCUT2D eigenvalue weighted by Gasteiger charge is -2.15. The molecule has 0 aliphatic rings. The number of hydrogen-bond donors (Lipinski definition) is 3. The predicted octanol–water partition coefficient (Wildman–Crippen LogP) is 1.76. The summed E-state index contributed by atoms with van der Waals surface area (Å²) in [5.74, 6) is -1.39. The molecular formula is C20H34N2O7S. The summed E-state index contributed by atoms with van der Waals surface area (Å²) in [5, 5.41) is 11.0. The summed E-state index contributed by atoms with van der Waals surface area (Å²) in [7, 11) is -2.01. The van der Waals surface area contributed by atoms with Gasteiger partial charge in [-0.25, -0.2) is 13.2 Å². The van der Waals surface area contributed by atoms with E-state index >= 15 is 0 Å². The zero-order chi connectivity index (χ0) is 27.8. The van der Waals surface area contributed by atoms with E-state index in [4.69, 9.17) is 27.2 Å². The number of carboxylic acid groups (broad SMARTS) is 1. The number of ether oxygens (including phenoxy) is 2. The molecule has 9 nitrogen and oxygen atoms in total. The summed E-state index contributed by atoms with van der Waals surface area (Å²) in [6, 6.07) is 2.58. The van der Waals surface area contributed by atoms with Gasteiger partial charge in [0.1, 0.15) is 15.9 Å². The molecule has 2 atom stereocenters. The molecule has 0 spiro atoms. The number of rotatable bonds is 10. The van der Waals surface area contributed by atoms with Gasteiger partial charge >= 0.3 is 5.97 Å². The van der Waals surface area contributed by atoms with Gasteiger partial charge in [0, 0.05) is 23.3 Å². The van der Waals surface area contributed by atoms with Crippen molar-refractivity contribution in [3.63, 3.8) is 0 Å². The molecule has 0 fully saturated rings. The van der Waals surface area contributed by atoms with E-state index in [1.54, 1.807) is 0 Å². The minimum atomic E-state index is -3.32. The van der Waals surface area contributed by atoms with Gasteiger partial charge in [-0.05, 0) is 36.9 Å². The third-order valence-corrected chi connectivity index (χ3v) is 4.61. The maximum atomic E-state index is 11.3. The van der Waals surface area contributed by atoms with Gasteiger partial charge in [0.25, 0.3) is 0 Å². The second-order valence-electron chi connectivity index (χ2n) is 7.03. The number of nitrogens with one attached hydrogen (secondary N) is 1. The van der Waals surface area contributed by atoms with E-state index in [0.29, 0.717) is 12.0 Å². The monoisotopic (exact) mass is 451 g/mol. The maximum absolute atomic E-state index is 11.3. The second kappa shape index (κ2) is 13.1. The zero-order valence-corrected chi connectivity index (χ0v) is 18.6. The standard InChI is InChI=1S/C12H19NO4S.C8H15NO3/c1-4-17-12-7-9(5-6-11(12)16-2)10(13)8-18(3,14)15;1-5(2)4-7(8(11)12)9-6(3)10/h5-7,10H,4,8,13H2,1-3H3;5,7H,4H2,1-3H3,(H,9,10)(H,11,12)/t10-;7-/m10/s1/i1D3,4D2;. The third-order valence-electron chi connectivity index (χ3n) is 3.64. The lowest BCUT2D eigenvalue weighted by atomic mass is 10.0. The SMILES string of the molecule is CC(=O)N[C@@H](CC(C)C)C(=O)O.[2H]C([2H])([2H])C([2H])([2H])Oc1cc([C@H](N)CS(C)(=O)=O)ccc1OC. The van der Waals surface area contributed by atoms with Crippen molar-refractivity contribution in [3.8, 4) is 11.5 Å². The van der Waals surface area contributed by atoms with E-state index < -0.39 is 41.3 Å². The third kappa shape index (κ3) is 11.6. The van der Waals surface area contributed by atoms with Gasteiger partial charge in [-0.2, -0.15) is 0 Å². The lowest BCUT2D eigenvalue weighted by Crippen LogP contribution is -2.40. The highest BCUT2D eigenvalue weighted by Gasteiger charge is 2.19. The Hall–Kier alpha value is -2.33. The molecule has 1 rings (SSSR count). The van der Waals surface area contributed by atoms with Crippen LogP contribution in [0.5, 0.6) is 11.5 Å². The Balaban J connectivity index is 0.000000814. The fourth-order valence-corrected chi connectivity index (χ4v) is 3.26. The highest BCUT2D eigenvalue weighted by Crippen LogP contribution is 2.30. The van der Waals surface area contributed by atoms with Crippen LogP contribution in [0.4, 0.5) is 0 Å². The molecule has 0 aliphatic carbocycles. The molecule has 30 heavy (non-hydrogen) atoms. The smallest absolute Gasteiger partial charge is 0.326 e. The number of nitrogens with two attached hydrogens (primary N) is 1. The minimum Gasteiger partial charge on any atom is -0.493 e. The predicted molar refractivity (Wildman–Crippen MR) is 115 cm³/mol. The molecule has 0 saturated carbocycles. The largest absolute Gasteiger partial charge is 0.493 e. The van der Waals surface area contributed by atoms with Crippen molar-refractivity contribution in [2.45, 2.75) is 46.1 Å². The van der Waals surface area contributed by atoms with Crippen LogP contribution in [-0.2, 0) is 19.4 Å². The molecule has 0 heterocycles. The maximum Gasteiger partial charge on any atom is 0.326 e. The molecule has 0 aliphatic heterocycles. The van der Waals surface area contributed by atoms with Crippen LogP contribution < -0.4 is 20.5 Å². The van der Waals surface area contributed by atoms with Crippen molar-refractivity contribution >= 4 is 21.7 Å². The van der Waals surface area contributed by atoms with Crippen molar-refractivity contribution in [1.82, 2.24) is 5.32 Å². The summed E-state index contributed by atoms with van der Waals surface area (Å²) >= 11 is 0. The van der Waals surface area contributed by atoms with Crippen molar-refractivity contribution in [3.05, 3.63) is 23.8 Å². The van der Waals surface area contributed by atoms with Gasteiger partial charge in [-0.15, -0.1) is 0 Å². The summed E-state index contributed by atoms with van der Waals surface area (Å²) in [6.45, 7) is -0.811. The molecule has 1 aromatic carbocycles. The Morgan fingerprint density at radius 1 is 1.33 bits per heavy atom. The number of sulfone groups is 1. The van der Waals surface area contributed by atoms with E-state index in [1.807, 2.05) is 13.8 Å². The van der Waals surface area contributed by atoms with Crippen LogP contribution in [0.2, 0.25) is 0 Å². The molecular weight excluding hydrogens is 412 g/mol. The molecule has 4 N–H and O–H groups in total. The molecule has 1 aromatic rings. The molecule has 0 unspecified atom stereocenters. The average molecular weight is 452 g/mol. The van der Waals surface area contributed by atoms with Crippen LogP contribution in [-0.4, -0.2) is 57.1 Å². The first kappa shape index (κ1) is 19.6. The van der Waals surface area contributed by atoms with Gasteiger partial charge in [0.2, 0.25) is 5.91 Å². The van der Waals surface area contributed by atoms with E-state index in [2.05, 4.69) is 5.32 Å². The first-order chi connectivity index (χ1) is 15.7. The number of amides is 1. The van der Waals surface area contributed by atoms with Crippen molar-refractivity contribution < 1.29 is 39.4 Å². The number of hydrogen-bond acceptors (Lipinski definition) is 7. The molecule has 10 heteroatoms. The molecule has 0 aromatic heterocycles. The zero-order valence-electron chi connectivity index (χ0n) is 22.8. The highest BCUT2D eigenvalue weighted by atomic mass is 32.2. The normalized spacial score (nSPS) is 16.3. The van der Waals surface area contributed by atoms with Gasteiger partial charge < -0.3 is 25.6 Å². The van der Waals surface area contributed by atoms with Crippen LogP contribution in [0.25, 0.3) is 0 Å². The van der Waals surface area contributed by atoms with Crippen LogP contribution in [0.1, 0.15) is 52.5 Å². The number of benzene rings is 1. The first-order valence-electron chi connectivity index (χ1n) is 11.5. The molecule has 1 amide bonds. The van der Waals surface area contributed by atoms with E-state index in [0.717, 1.165) is 6.26 Å². The van der Waals surface area contributed by atoms with Gasteiger partial charge in [0.15, 0.2) is 11.5 Å². The Kier molecular flexibility index (Phi) is 8.55. The minimum absolute atomic E-state index is 0.105. The van der Waals surface area contributed by atoms with E-state index in [-0.39, 0.29) is 29.1 Å². The summed E-state index contributed by atoms with van der Waals surface area (Å²) < 4.78 is 69.1. The topological polar surface area (TPSA) is 145 Å². The number of carboxylic acids is 1. The Labute approximate surface area is 185 Å². The van der Waals surface area contributed by atoms with Crippen LogP contribution in [0.3, 0.4) is 0 Å². The summed E-state index contributed by atoms with van der Waals surface area (Å²) in [5.41, 5.74) is 6.16. The molecule has 172 valence electrons. The molecule has 0 bridgehead atoms. The molecule has 0 saturated heterocycles. The van der Waals surface area contributed by atoms with Gasteiger partial charge in [0.05, 0.1) is 22.2 Å². The van der Waals surface area contributed by atoms with E-state index in [9.17, 15) is 18.0 Å². The second-order valence-corrected chi connectivity index (χ2v) is 9.22. The van der Waals surface area contributed by atoms with Crippen LogP contribution in [0, 0.1) is 5.92 Å². The molecule has 0 radical (unpaired) electrons. The van der Waals surface area contributed by atoms with Gasteiger partial charge in [-0.3, -0.25) is 4.79 Å². The number of carbonyl (C=O) groups is 2. The number of aliphatic carboxylic acids is 1. The Morgan fingerprint density at radius 3 is 2.40 bits per heavy atom. The summed E-state index contributed by atoms with van der Waals surface area (Å²) in [6.07, 6.45) is 1.51. The van der Waals surface area contributed by atoms with Crippen molar-refractivity contribution in [1.29, 1.82) is 0 Å². The fourth-order valence-electron chi connectivity index (χ4n) is 2.42. The quantitative estimate of drug-likeness (QED) is 0.488. The van der Waals surface area contributed by atoms with Crippen molar-refractivity contribution in [2.75, 3.05) is 25.7 Å². The Morgan fingerprint density at radius 2 is 1.97 bits per heavy atom.